The van der Waals surface area contributed by atoms with E-state index < -0.39 is 0 Å². The third-order valence-electron chi connectivity index (χ3n) is 2.65. The van der Waals surface area contributed by atoms with E-state index in [0.717, 1.165) is 18.1 Å². The predicted molar refractivity (Wildman–Crippen MR) is 40.6 cm³/mol. The lowest BCUT2D eigenvalue weighted by Crippen LogP contribution is -2.19. The molecule has 0 aromatic rings. The van der Waals surface area contributed by atoms with Crippen LogP contribution in [0.4, 0.5) is 0 Å². The highest BCUT2D eigenvalue weighted by atomic mass is 16.5. The Hall–Kier alpha value is -0.460. The number of ether oxygens (including phenoxy) is 1. The van der Waals surface area contributed by atoms with Crippen molar-refractivity contribution in [1.29, 1.82) is 0 Å². The van der Waals surface area contributed by atoms with Gasteiger partial charge in [-0.3, -0.25) is 0 Å². The molecule has 2 aliphatic rings. The predicted octanol–water partition coefficient (Wildman–Crippen LogP) is 2.48. The van der Waals surface area contributed by atoms with Crippen molar-refractivity contribution in [2.24, 2.45) is 5.92 Å². The Balaban J connectivity index is 2.04. The Labute approximate surface area is 62.1 Å². The zero-order valence-electron chi connectivity index (χ0n) is 6.31. The molecule has 0 aromatic carbocycles. The Morgan fingerprint density at radius 3 is 2.90 bits per heavy atom. The molecule has 10 heavy (non-hydrogen) atoms. The van der Waals surface area contributed by atoms with Gasteiger partial charge in [-0.15, -0.1) is 0 Å². The number of allylic oxidation sites excluding steroid dienone is 1. The highest BCUT2D eigenvalue weighted by molar-refractivity contribution is 4.97. The lowest BCUT2D eigenvalue weighted by atomic mass is 9.86. The summed E-state index contributed by atoms with van der Waals surface area (Å²) in [5.74, 6) is 1.85. The summed E-state index contributed by atoms with van der Waals surface area (Å²) in [5.41, 5.74) is 0. The Morgan fingerprint density at radius 1 is 1.30 bits per heavy atom. The summed E-state index contributed by atoms with van der Waals surface area (Å²) < 4.78 is 5.57. The normalized spacial score (nSPS) is 39.0. The fraction of sp³-hybridized carbons (Fsp3) is 0.778. The van der Waals surface area contributed by atoms with Crippen LogP contribution in [0.2, 0.25) is 0 Å². The van der Waals surface area contributed by atoms with E-state index in [0.29, 0.717) is 6.10 Å². The van der Waals surface area contributed by atoms with Gasteiger partial charge in [0.25, 0.3) is 0 Å². The van der Waals surface area contributed by atoms with E-state index in [2.05, 4.69) is 6.58 Å². The summed E-state index contributed by atoms with van der Waals surface area (Å²) >= 11 is 0. The second-order valence-corrected chi connectivity index (χ2v) is 3.44. The van der Waals surface area contributed by atoms with Gasteiger partial charge in [-0.05, 0) is 19.3 Å². The molecule has 0 amide bonds. The van der Waals surface area contributed by atoms with Crippen LogP contribution in [-0.2, 0) is 4.74 Å². The summed E-state index contributed by atoms with van der Waals surface area (Å²) in [5, 5.41) is 0. The summed E-state index contributed by atoms with van der Waals surface area (Å²) in [7, 11) is 0. The molecule has 0 unspecified atom stereocenters. The fourth-order valence-electron chi connectivity index (χ4n) is 2.12. The highest BCUT2D eigenvalue weighted by Crippen LogP contribution is 2.38. The quantitative estimate of drug-likeness (QED) is 0.499. The first-order valence-electron chi connectivity index (χ1n) is 4.21. The van der Waals surface area contributed by atoms with Crippen molar-refractivity contribution in [3.8, 4) is 0 Å². The largest absolute Gasteiger partial charge is 0.495 e. The molecule has 1 saturated carbocycles. The molecule has 0 bridgehead atoms. The molecule has 1 aliphatic heterocycles. The monoisotopic (exact) mass is 138 g/mol. The topological polar surface area (TPSA) is 9.23 Å². The van der Waals surface area contributed by atoms with Crippen LogP contribution in [0.25, 0.3) is 0 Å². The van der Waals surface area contributed by atoms with Gasteiger partial charge in [0, 0.05) is 12.3 Å². The van der Waals surface area contributed by atoms with E-state index in [4.69, 9.17) is 4.74 Å². The van der Waals surface area contributed by atoms with Crippen LogP contribution in [0.1, 0.15) is 32.1 Å². The third kappa shape index (κ3) is 0.938. The summed E-state index contributed by atoms with van der Waals surface area (Å²) in [6, 6.07) is 0. The van der Waals surface area contributed by atoms with Crippen LogP contribution in [0.5, 0.6) is 0 Å². The number of fused-ring (bicyclic) bond motifs is 1. The van der Waals surface area contributed by atoms with Crippen molar-refractivity contribution in [3.05, 3.63) is 12.3 Å². The second kappa shape index (κ2) is 2.30. The smallest absolute Gasteiger partial charge is 0.101 e. The summed E-state index contributed by atoms with van der Waals surface area (Å²) in [4.78, 5) is 0. The Morgan fingerprint density at radius 2 is 2.10 bits per heavy atom. The number of hydrogen-bond donors (Lipinski definition) is 0. The lowest BCUT2D eigenvalue weighted by Gasteiger charge is -2.22. The van der Waals surface area contributed by atoms with Gasteiger partial charge in [0.1, 0.15) is 6.10 Å². The van der Waals surface area contributed by atoms with Gasteiger partial charge in [-0.25, -0.2) is 0 Å². The molecule has 1 saturated heterocycles. The maximum Gasteiger partial charge on any atom is 0.101 e. The van der Waals surface area contributed by atoms with Crippen LogP contribution in [0, 0.1) is 5.92 Å². The molecule has 1 heteroatoms. The zero-order chi connectivity index (χ0) is 6.97. The minimum Gasteiger partial charge on any atom is -0.495 e. The number of hydrogen-bond acceptors (Lipinski definition) is 1. The molecule has 1 heterocycles. The maximum atomic E-state index is 5.57. The lowest BCUT2D eigenvalue weighted by molar-refractivity contribution is 0.0984. The van der Waals surface area contributed by atoms with Crippen LogP contribution < -0.4 is 0 Å². The van der Waals surface area contributed by atoms with E-state index in [-0.39, 0.29) is 0 Å². The molecule has 2 rings (SSSR count). The Kier molecular flexibility index (Phi) is 1.44. The van der Waals surface area contributed by atoms with Gasteiger partial charge < -0.3 is 4.74 Å². The van der Waals surface area contributed by atoms with Crippen molar-refractivity contribution < 1.29 is 4.74 Å². The van der Waals surface area contributed by atoms with Crippen molar-refractivity contribution >= 4 is 0 Å². The van der Waals surface area contributed by atoms with Crippen molar-refractivity contribution in [2.75, 3.05) is 0 Å². The minimum absolute atomic E-state index is 0.543. The van der Waals surface area contributed by atoms with Crippen LogP contribution in [-0.4, -0.2) is 6.10 Å². The standard InChI is InChI=1S/C9H14O/c1-7-6-8-4-2-3-5-9(8)10-7/h8-9H,1-6H2/t8-,9+/m1/s1. The average Bonchev–Trinajstić information content (AvgIpc) is 2.27. The zero-order valence-corrected chi connectivity index (χ0v) is 6.31. The molecule has 0 spiro atoms. The molecule has 0 N–H and O–H groups in total. The second-order valence-electron chi connectivity index (χ2n) is 3.44. The summed E-state index contributed by atoms with van der Waals surface area (Å²) in [6.45, 7) is 3.86. The molecule has 56 valence electrons. The average molecular weight is 138 g/mol. The molecule has 0 radical (unpaired) electrons. The molecule has 1 aliphatic carbocycles. The van der Waals surface area contributed by atoms with Gasteiger partial charge >= 0.3 is 0 Å². The van der Waals surface area contributed by atoms with E-state index in [1.54, 1.807) is 0 Å². The van der Waals surface area contributed by atoms with Crippen LogP contribution in [0.15, 0.2) is 12.3 Å². The Bertz CT molecular complexity index is 135. The van der Waals surface area contributed by atoms with Crippen molar-refractivity contribution in [2.45, 2.75) is 38.2 Å². The third-order valence-corrected chi connectivity index (χ3v) is 2.65. The van der Waals surface area contributed by atoms with E-state index in [9.17, 15) is 0 Å². The molecular weight excluding hydrogens is 124 g/mol. The first-order valence-corrected chi connectivity index (χ1v) is 4.21. The van der Waals surface area contributed by atoms with Gasteiger partial charge in [-0.1, -0.05) is 13.0 Å². The van der Waals surface area contributed by atoms with E-state index >= 15 is 0 Å². The van der Waals surface area contributed by atoms with E-state index in [1.807, 2.05) is 0 Å². The van der Waals surface area contributed by atoms with Gasteiger partial charge in [0.2, 0.25) is 0 Å². The minimum atomic E-state index is 0.543. The van der Waals surface area contributed by atoms with Crippen LogP contribution >= 0.6 is 0 Å². The number of rotatable bonds is 0. The van der Waals surface area contributed by atoms with E-state index in [1.165, 1.54) is 25.7 Å². The molecular formula is C9H14O. The first-order chi connectivity index (χ1) is 4.86. The highest BCUT2D eigenvalue weighted by Gasteiger charge is 2.32. The van der Waals surface area contributed by atoms with Gasteiger partial charge in [0.15, 0.2) is 0 Å². The van der Waals surface area contributed by atoms with Crippen molar-refractivity contribution in [1.82, 2.24) is 0 Å². The molecule has 0 aromatic heterocycles. The summed E-state index contributed by atoms with van der Waals surface area (Å²) in [6.07, 6.45) is 7.06. The fourth-order valence-corrected chi connectivity index (χ4v) is 2.12. The molecule has 2 atom stereocenters. The van der Waals surface area contributed by atoms with Crippen molar-refractivity contribution in [3.63, 3.8) is 0 Å². The maximum absolute atomic E-state index is 5.57. The van der Waals surface area contributed by atoms with Gasteiger partial charge in [0.05, 0.1) is 5.76 Å². The van der Waals surface area contributed by atoms with Gasteiger partial charge in [-0.2, -0.15) is 0 Å². The first kappa shape index (κ1) is 6.26. The SMILES string of the molecule is C=C1C[C@H]2CCCC[C@@H]2O1. The molecule has 2 fully saturated rings. The molecule has 1 nitrogen and oxygen atoms in total. The van der Waals surface area contributed by atoms with Crippen LogP contribution in [0.3, 0.4) is 0 Å².